The zero-order valence-corrected chi connectivity index (χ0v) is 16.6. The summed E-state index contributed by atoms with van der Waals surface area (Å²) in [4.78, 5) is 23.2. The van der Waals surface area contributed by atoms with Crippen LogP contribution in [0, 0.1) is 10.1 Å². The van der Waals surface area contributed by atoms with Gasteiger partial charge in [0.15, 0.2) is 5.78 Å². The van der Waals surface area contributed by atoms with E-state index < -0.39 is 4.92 Å². The number of methoxy groups -OCH3 is 1. The molecule has 0 radical (unpaired) electrons. The van der Waals surface area contributed by atoms with Crippen molar-refractivity contribution in [1.82, 2.24) is 9.78 Å². The SMILES string of the molecule is COc1ccc(/C=C/C(=O)c2cc(Br)cs2)cc1Cn1cc([N+](=O)[O-])cn1. The molecule has 2 aromatic heterocycles. The maximum absolute atomic E-state index is 12.2. The number of halogens is 1. The molecule has 0 aliphatic rings. The second kappa shape index (κ2) is 8.28. The number of hydrogen-bond acceptors (Lipinski definition) is 6. The first-order valence-corrected chi connectivity index (χ1v) is 9.43. The molecule has 9 heteroatoms. The summed E-state index contributed by atoms with van der Waals surface area (Å²) >= 11 is 4.71. The summed E-state index contributed by atoms with van der Waals surface area (Å²) in [5.41, 5.74) is 1.54. The van der Waals surface area contributed by atoms with Crippen LogP contribution in [0.5, 0.6) is 5.75 Å². The largest absolute Gasteiger partial charge is 0.496 e. The summed E-state index contributed by atoms with van der Waals surface area (Å²) < 4.78 is 7.70. The maximum Gasteiger partial charge on any atom is 0.307 e. The first-order valence-electron chi connectivity index (χ1n) is 7.76. The van der Waals surface area contributed by atoms with Crippen molar-refractivity contribution in [2.75, 3.05) is 7.11 Å². The number of aromatic nitrogens is 2. The highest BCUT2D eigenvalue weighted by molar-refractivity contribution is 9.10. The predicted molar refractivity (Wildman–Crippen MR) is 106 cm³/mol. The quantitative estimate of drug-likeness (QED) is 0.229. The Balaban J connectivity index is 1.81. The number of hydrogen-bond donors (Lipinski definition) is 0. The summed E-state index contributed by atoms with van der Waals surface area (Å²) in [5, 5.41) is 16.7. The van der Waals surface area contributed by atoms with E-state index in [-0.39, 0.29) is 11.5 Å². The Morgan fingerprint density at radius 1 is 1.44 bits per heavy atom. The molecule has 2 heterocycles. The number of allylic oxidation sites excluding steroid dienone is 1. The van der Waals surface area contributed by atoms with E-state index in [0.29, 0.717) is 17.2 Å². The Morgan fingerprint density at radius 2 is 2.26 bits per heavy atom. The zero-order valence-electron chi connectivity index (χ0n) is 14.2. The van der Waals surface area contributed by atoms with Crippen molar-refractivity contribution in [2.45, 2.75) is 6.54 Å². The second-order valence-electron chi connectivity index (χ2n) is 5.55. The molecule has 0 bridgehead atoms. The molecule has 0 fully saturated rings. The molecule has 0 aliphatic heterocycles. The van der Waals surface area contributed by atoms with Crippen LogP contribution in [-0.2, 0) is 6.54 Å². The molecular formula is C18H14BrN3O4S. The van der Waals surface area contributed by atoms with Gasteiger partial charge in [0.05, 0.1) is 23.5 Å². The predicted octanol–water partition coefficient (Wildman–Crippen LogP) is 4.57. The first kappa shape index (κ1) is 19.0. The molecule has 0 saturated carbocycles. The molecule has 3 aromatic rings. The lowest BCUT2D eigenvalue weighted by molar-refractivity contribution is -0.385. The van der Waals surface area contributed by atoms with Crippen LogP contribution in [0.1, 0.15) is 20.8 Å². The fourth-order valence-electron chi connectivity index (χ4n) is 2.43. The van der Waals surface area contributed by atoms with Crippen LogP contribution in [0.25, 0.3) is 6.08 Å². The van der Waals surface area contributed by atoms with E-state index in [0.717, 1.165) is 15.6 Å². The number of carbonyl (C=O) groups is 1. The number of nitrogens with zero attached hydrogens (tertiary/aromatic N) is 3. The van der Waals surface area contributed by atoms with Gasteiger partial charge in [0, 0.05) is 15.4 Å². The van der Waals surface area contributed by atoms with Crippen LogP contribution in [0.15, 0.2) is 52.6 Å². The van der Waals surface area contributed by atoms with E-state index in [9.17, 15) is 14.9 Å². The van der Waals surface area contributed by atoms with Crippen molar-refractivity contribution in [3.05, 3.63) is 78.7 Å². The Labute approximate surface area is 167 Å². The molecule has 0 amide bonds. The van der Waals surface area contributed by atoms with Crippen LogP contribution in [0.2, 0.25) is 0 Å². The number of nitro groups is 1. The number of benzene rings is 1. The van der Waals surface area contributed by atoms with Crippen LogP contribution >= 0.6 is 27.3 Å². The average Bonchev–Trinajstić information content (AvgIpc) is 3.29. The van der Waals surface area contributed by atoms with Gasteiger partial charge in [-0.2, -0.15) is 5.10 Å². The molecule has 0 spiro atoms. The standard InChI is InChI=1S/C18H14BrN3O4S/c1-26-17-5-3-12(2-4-16(23)18-7-14(19)11-27-18)6-13(17)9-21-10-15(8-20-21)22(24)25/h2-8,10-11H,9H2,1H3/b4-2+. The third kappa shape index (κ3) is 4.69. The molecule has 0 atom stereocenters. The molecule has 1 aromatic carbocycles. The van der Waals surface area contributed by atoms with Crippen molar-refractivity contribution in [3.63, 3.8) is 0 Å². The van der Waals surface area contributed by atoms with E-state index in [2.05, 4.69) is 21.0 Å². The number of rotatable bonds is 7. The number of ether oxygens (including phenoxy) is 1. The minimum absolute atomic E-state index is 0.0716. The topological polar surface area (TPSA) is 87.3 Å². The molecule has 27 heavy (non-hydrogen) atoms. The summed E-state index contributed by atoms with van der Waals surface area (Å²) in [5.74, 6) is 0.560. The Hall–Kier alpha value is -2.78. The van der Waals surface area contributed by atoms with Gasteiger partial charge in [-0.05, 0) is 45.8 Å². The number of ketones is 1. The molecule has 0 unspecified atom stereocenters. The Kier molecular flexibility index (Phi) is 5.82. The van der Waals surface area contributed by atoms with Crippen LogP contribution < -0.4 is 4.74 Å². The van der Waals surface area contributed by atoms with Gasteiger partial charge in [0.2, 0.25) is 0 Å². The highest BCUT2D eigenvalue weighted by Gasteiger charge is 2.11. The monoisotopic (exact) mass is 447 g/mol. The van der Waals surface area contributed by atoms with Gasteiger partial charge in [0.25, 0.3) is 0 Å². The number of thiophene rings is 1. The first-order chi connectivity index (χ1) is 13.0. The zero-order chi connectivity index (χ0) is 19.4. The van der Waals surface area contributed by atoms with Gasteiger partial charge in [-0.25, -0.2) is 0 Å². The maximum atomic E-state index is 12.2. The highest BCUT2D eigenvalue weighted by atomic mass is 79.9. The van der Waals surface area contributed by atoms with E-state index in [1.807, 2.05) is 17.5 Å². The van der Waals surface area contributed by atoms with E-state index in [1.165, 1.54) is 34.5 Å². The van der Waals surface area contributed by atoms with E-state index in [1.54, 1.807) is 25.3 Å². The van der Waals surface area contributed by atoms with Crippen molar-refractivity contribution in [3.8, 4) is 5.75 Å². The second-order valence-corrected chi connectivity index (χ2v) is 7.38. The van der Waals surface area contributed by atoms with Gasteiger partial charge in [-0.3, -0.25) is 19.6 Å². The lowest BCUT2D eigenvalue weighted by atomic mass is 10.1. The van der Waals surface area contributed by atoms with Crippen molar-refractivity contribution < 1.29 is 14.5 Å². The third-order valence-corrected chi connectivity index (χ3v) is 5.41. The fraction of sp³-hybridized carbons (Fsp3) is 0.111. The molecule has 3 rings (SSSR count). The van der Waals surface area contributed by atoms with Gasteiger partial charge in [-0.1, -0.05) is 12.1 Å². The minimum Gasteiger partial charge on any atom is -0.496 e. The molecule has 0 saturated heterocycles. The fourth-order valence-corrected chi connectivity index (χ4v) is 3.78. The van der Waals surface area contributed by atoms with Gasteiger partial charge in [-0.15, -0.1) is 11.3 Å². The van der Waals surface area contributed by atoms with Crippen LogP contribution in [0.4, 0.5) is 5.69 Å². The van der Waals surface area contributed by atoms with Gasteiger partial charge in [0.1, 0.15) is 18.1 Å². The lowest BCUT2D eigenvalue weighted by Crippen LogP contribution is -2.02. The van der Waals surface area contributed by atoms with Gasteiger partial charge < -0.3 is 4.74 Å². The molecule has 7 nitrogen and oxygen atoms in total. The summed E-state index contributed by atoms with van der Waals surface area (Å²) in [7, 11) is 1.55. The lowest BCUT2D eigenvalue weighted by Gasteiger charge is -2.09. The third-order valence-electron chi connectivity index (χ3n) is 3.70. The summed E-state index contributed by atoms with van der Waals surface area (Å²) in [6.45, 7) is 0.310. The average molecular weight is 448 g/mol. The van der Waals surface area contributed by atoms with Crippen molar-refractivity contribution in [1.29, 1.82) is 0 Å². The van der Waals surface area contributed by atoms with Crippen molar-refractivity contribution in [2.24, 2.45) is 0 Å². The molecular weight excluding hydrogens is 434 g/mol. The molecule has 0 N–H and O–H groups in total. The summed E-state index contributed by atoms with van der Waals surface area (Å²) in [6, 6.07) is 7.27. The Bertz CT molecular complexity index is 1030. The highest BCUT2D eigenvalue weighted by Crippen LogP contribution is 2.24. The summed E-state index contributed by atoms with van der Waals surface area (Å²) in [6.07, 6.45) is 5.81. The molecule has 138 valence electrons. The van der Waals surface area contributed by atoms with E-state index in [4.69, 9.17) is 4.74 Å². The normalized spacial score (nSPS) is 11.0. The number of carbonyl (C=O) groups excluding carboxylic acids is 1. The minimum atomic E-state index is -0.492. The van der Waals surface area contributed by atoms with Crippen molar-refractivity contribution >= 4 is 44.8 Å². The molecule has 0 aliphatic carbocycles. The van der Waals surface area contributed by atoms with Crippen LogP contribution in [0.3, 0.4) is 0 Å². The van der Waals surface area contributed by atoms with E-state index >= 15 is 0 Å². The van der Waals surface area contributed by atoms with Crippen LogP contribution in [-0.4, -0.2) is 27.6 Å². The Morgan fingerprint density at radius 3 is 2.89 bits per heavy atom. The van der Waals surface area contributed by atoms with Gasteiger partial charge >= 0.3 is 5.69 Å². The smallest absolute Gasteiger partial charge is 0.307 e.